The number of aliphatic hydroxyl groups is 1. The van der Waals surface area contributed by atoms with Crippen molar-refractivity contribution in [2.24, 2.45) is 5.41 Å². The van der Waals surface area contributed by atoms with Gasteiger partial charge in [-0.25, -0.2) is 0 Å². The summed E-state index contributed by atoms with van der Waals surface area (Å²) in [6.45, 7) is 16.6. The molecule has 0 aliphatic rings. The zero-order chi connectivity index (χ0) is 14.1. The number of thiol groups is 1. The van der Waals surface area contributed by atoms with Gasteiger partial charge in [0, 0.05) is 16.0 Å². The summed E-state index contributed by atoms with van der Waals surface area (Å²) in [6, 6.07) is 0. The van der Waals surface area contributed by atoms with Crippen LogP contribution in [0.25, 0.3) is 0 Å². The van der Waals surface area contributed by atoms with E-state index in [0.29, 0.717) is 5.76 Å². The molecule has 17 heavy (non-hydrogen) atoms. The van der Waals surface area contributed by atoms with Crippen LogP contribution in [0, 0.1) is 5.41 Å². The van der Waals surface area contributed by atoms with Crippen molar-refractivity contribution in [1.82, 2.24) is 5.32 Å². The van der Waals surface area contributed by atoms with Crippen LogP contribution >= 0.6 is 12.6 Å². The summed E-state index contributed by atoms with van der Waals surface area (Å²) in [4.78, 5) is 0. The minimum absolute atomic E-state index is 0.165. The van der Waals surface area contributed by atoms with Crippen LogP contribution in [0.5, 0.6) is 0 Å². The van der Waals surface area contributed by atoms with E-state index < -0.39 is 0 Å². The largest absolute Gasteiger partial charge is 0.511 e. The number of rotatable bonds is 4. The van der Waals surface area contributed by atoms with Gasteiger partial charge in [-0.2, -0.15) is 12.6 Å². The monoisotopic (exact) mass is 259 g/mol. The predicted molar refractivity (Wildman–Crippen MR) is 79.7 cm³/mol. The Bertz CT molecular complexity index is 294. The highest BCUT2D eigenvalue weighted by molar-refractivity contribution is 7.81. The van der Waals surface area contributed by atoms with E-state index in [4.69, 9.17) is 12.6 Å². The molecule has 0 saturated heterocycles. The first-order chi connectivity index (χ1) is 7.28. The zero-order valence-electron chi connectivity index (χ0n) is 12.6. The van der Waals surface area contributed by atoms with E-state index in [2.05, 4.69) is 46.9 Å². The van der Waals surface area contributed by atoms with Crippen molar-refractivity contribution in [1.29, 1.82) is 0 Å². The maximum Gasteiger partial charge on any atom is 0.108 e. The van der Waals surface area contributed by atoms with Crippen LogP contribution in [0.3, 0.4) is 0 Å². The van der Waals surface area contributed by atoms with Gasteiger partial charge >= 0.3 is 0 Å². The maximum atomic E-state index is 9.47. The minimum Gasteiger partial charge on any atom is -0.511 e. The number of nitrogens with one attached hydrogen (secondary N) is 1. The van der Waals surface area contributed by atoms with Crippen LogP contribution in [-0.2, 0) is 0 Å². The average Bonchev–Trinajstić information content (AvgIpc) is 1.97. The van der Waals surface area contributed by atoms with Crippen molar-refractivity contribution >= 4 is 12.6 Å². The first-order valence-electron chi connectivity index (χ1n) is 6.15. The molecule has 0 aliphatic carbocycles. The maximum absolute atomic E-state index is 9.47. The molecule has 0 heterocycles. The molecule has 2 nitrogen and oxygen atoms in total. The molecular weight excluding hydrogens is 230 g/mol. The second-order valence-electron chi connectivity index (χ2n) is 6.97. The first-order valence-corrected chi connectivity index (χ1v) is 6.60. The molecule has 0 radical (unpaired) electrons. The third kappa shape index (κ3) is 5.24. The summed E-state index contributed by atoms with van der Waals surface area (Å²) >= 11 is 4.84. The molecule has 1 unspecified atom stereocenters. The van der Waals surface area contributed by atoms with Crippen molar-refractivity contribution in [2.45, 2.75) is 72.1 Å². The number of allylic oxidation sites excluding steroid dienone is 2. The fourth-order valence-electron chi connectivity index (χ4n) is 1.95. The molecular formula is C14H29NOS. The highest BCUT2D eigenvalue weighted by Crippen LogP contribution is 2.39. The van der Waals surface area contributed by atoms with Crippen molar-refractivity contribution < 1.29 is 5.11 Å². The van der Waals surface area contributed by atoms with Crippen molar-refractivity contribution in [3.63, 3.8) is 0 Å². The number of aliphatic hydroxyl groups excluding tert-OH is 1. The average molecular weight is 259 g/mol. The van der Waals surface area contributed by atoms with Crippen LogP contribution in [0.4, 0.5) is 0 Å². The van der Waals surface area contributed by atoms with Gasteiger partial charge in [0.25, 0.3) is 0 Å². The van der Waals surface area contributed by atoms with E-state index in [0.717, 1.165) is 12.1 Å². The summed E-state index contributed by atoms with van der Waals surface area (Å²) in [5.41, 5.74) is 0.836. The fourth-order valence-corrected chi connectivity index (χ4v) is 2.48. The molecule has 0 bridgehead atoms. The Morgan fingerprint density at radius 3 is 1.76 bits per heavy atom. The van der Waals surface area contributed by atoms with Crippen LogP contribution in [0.2, 0.25) is 0 Å². The van der Waals surface area contributed by atoms with Crippen LogP contribution < -0.4 is 5.32 Å². The third-order valence-corrected chi connectivity index (χ3v) is 3.98. The van der Waals surface area contributed by atoms with E-state index >= 15 is 0 Å². The lowest BCUT2D eigenvalue weighted by molar-refractivity contribution is 0.234. The summed E-state index contributed by atoms with van der Waals surface area (Å²) in [6.07, 6.45) is 0.987. The van der Waals surface area contributed by atoms with Gasteiger partial charge < -0.3 is 10.4 Å². The highest BCUT2D eigenvalue weighted by Gasteiger charge is 2.40. The summed E-state index contributed by atoms with van der Waals surface area (Å²) < 4.78 is -0.165. The van der Waals surface area contributed by atoms with Gasteiger partial charge in [-0.3, -0.25) is 0 Å². The lowest BCUT2D eigenvalue weighted by Crippen LogP contribution is -2.55. The van der Waals surface area contributed by atoms with Crippen LogP contribution in [-0.4, -0.2) is 15.4 Å². The molecule has 0 fully saturated rings. The molecule has 0 saturated carbocycles. The Morgan fingerprint density at radius 1 is 1.06 bits per heavy atom. The van der Waals surface area contributed by atoms with Crippen molar-refractivity contribution in [3.8, 4) is 0 Å². The first kappa shape index (κ1) is 16.7. The smallest absolute Gasteiger partial charge is 0.108 e. The molecule has 0 aromatic heterocycles. The summed E-state index contributed by atoms with van der Waals surface area (Å²) in [7, 11) is 0. The predicted octanol–water partition coefficient (Wildman–Crippen LogP) is 4.29. The number of hydrogen-bond acceptors (Lipinski definition) is 3. The van der Waals surface area contributed by atoms with Gasteiger partial charge in [-0.1, -0.05) is 20.8 Å². The quantitative estimate of drug-likeness (QED) is 0.520. The second-order valence-corrected chi connectivity index (χ2v) is 7.96. The Labute approximate surface area is 112 Å². The summed E-state index contributed by atoms with van der Waals surface area (Å²) in [5.74, 6) is 0.331. The molecule has 0 aromatic carbocycles. The molecule has 0 amide bonds. The summed E-state index contributed by atoms with van der Waals surface area (Å²) in [5, 5.41) is 12.8. The molecule has 0 aromatic rings. The lowest BCUT2D eigenvalue weighted by atomic mass is 9.76. The zero-order valence-corrected chi connectivity index (χ0v) is 13.5. The van der Waals surface area contributed by atoms with E-state index in [1.54, 1.807) is 6.92 Å². The van der Waals surface area contributed by atoms with E-state index in [9.17, 15) is 5.11 Å². The van der Waals surface area contributed by atoms with Crippen molar-refractivity contribution in [2.75, 3.05) is 0 Å². The Morgan fingerprint density at radius 2 is 1.47 bits per heavy atom. The standard InChI is InChI=1S/C14H29NOS/c1-10(11(2)16)15-13(6,7)14(8,17)9-12(3,4)5/h15-17H,9H2,1-8H3/b11-10-. The van der Waals surface area contributed by atoms with Gasteiger partial charge in [-0.15, -0.1) is 0 Å². The molecule has 0 spiro atoms. The fraction of sp³-hybridized carbons (Fsp3) is 0.857. The molecule has 0 rings (SSSR count). The third-order valence-electron chi connectivity index (χ3n) is 3.26. The highest BCUT2D eigenvalue weighted by atomic mass is 32.1. The normalized spacial score (nSPS) is 18.4. The Kier molecular flexibility index (Phi) is 5.04. The molecule has 3 heteroatoms. The van der Waals surface area contributed by atoms with E-state index in [1.165, 1.54) is 0 Å². The Balaban J connectivity index is 4.98. The van der Waals surface area contributed by atoms with Gasteiger partial charge in [0.2, 0.25) is 0 Å². The molecule has 102 valence electrons. The van der Waals surface area contributed by atoms with E-state index in [-0.39, 0.29) is 15.7 Å². The number of hydrogen-bond donors (Lipinski definition) is 3. The Hall–Kier alpha value is -0.310. The van der Waals surface area contributed by atoms with E-state index in [1.807, 2.05) is 6.92 Å². The molecule has 1 atom stereocenters. The van der Waals surface area contributed by atoms with Gasteiger partial charge in [0.1, 0.15) is 5.76 Å². The van der Waals surface area contributed by atoms with Crippen molar-refractivity contribution in [3.05, 3.63) is 11.5 Å². The van der Waals surface area contributed by atoms with Gasteiger partial charge in [-0.05, 0) is 46.5 Å². The second kappa shape index (κ2) is 5.13. The lowest BCUT2D eigenvalue weighted by Gasteiger charge is -2.45. The molecule has 0 aliphatic heterocycles. The molecule has 2 N–H and O–H groups in total. The minimum atomic E-state index is -0.197. The van der Waals surface area contributed by atoms with Crippen LogP contribution in [0.15, 0.2) is 11.5 Å². The van der Waals surface area contributed by atoms with Crippen LogP contribution in [0.1, 0.15) is 61.8 Å². The van der Waals surface area contributed by atoms with Gasteiger partial charge in [0.15, 0.2) is 0 Å². The van der Waals surface area contributed by atoms with Gasteiger partial charge in [0.05, 0.1) is 0 Å². The topological polar surface area (TPSA) is 32.3 Å². The SMILES string of the molecule is C/C(O)=C(\C)NC(C)(C)C(C)(S)CC(C)(C)C.